The SMILES string of the molecule is CC(C)CC(CN)C(=O)N[C@H](C)CO. The van der Waals surface area contributed by atoms with Crippen LogP contribution in [-0.2, 0) is 4.79 Å². The molecule has 4 N–H and O–H groups in total. The zero-order valence-electron chi connectivity index (χ0n) is 9.29. The summed E-state index contributed by atoms with van der Waals surface area (Å²) in [5.74, 6) is 0.269. The van der Waals surface area contributed by atoms with Gasteiger partial charge in [-0.25, -0.2) is 0 Å². The summed E-state index contributed by atoms with van der Waals surface area (Å²) < 4.78 is 0. The smallest absolute Gasteiger partial charge is 0.224 e. The molecular formula is C10H22N2O2. The molecule has 0 saturated heterocycles. The van der Waals surface area contributed by atoms with Gasteiger partial charge in [-0.3, -0.25) is 4.79 Å². The van der Waals surface area contributed by atoms with E-state index in [4.69, 9.17) is 10.8 Å². The molecule has 0 aliphatic carbocycles. The maximum absolute atomic E-state index is 11.6. The van der Waals surface area contributed by atoms with Crippen molar-refractivity contribution in [1.29, 1.82) is 0 Å². The third-order valence-corrected chi connectivity index (χ3v) is 2.07. The first kappa shape index (κ1) is 13.4. The van der Waals surface area contributed by atoms with Gasteiger partial charge >= 0.3 is 0 Å². The van der Waals surface area contributed by atoms with Crippen LogP contribution in [0.4, 0.5) is 0 Å². The highest BCUT2D eigenvalue weighted by Gasteiger charge is 2.19. The quantitative estimate of drug-likeness (QED) is 0.572. The molecule has 0 bridgehead atoms. The molecule has 0 aliphatic heterocycles. The minimum absolute atomic E-state index is 0.0370. The molecular weight excluding hydrogens is 180 g/mol. The maximum atomic E-state index is 11.6. The van der Waals surface area contributed by atoms with Gasteiger partial charge in [-0.2, -0.15) is 0 Å². The van der Waals surface area contributed by atoms with Gasteiger partial charge < -0.3 is 16.2 Å². The minimum Gasteiger partial charge on any atom is -0.394 e. The van der Waals surface area contributed by atoms with Crippen LogP contribution >= 0.6 is 0 Å². The van der Waals surface area contributed by atoms with Crippen molar-refractivity contribution in [3.05, 3.63) is 0 Å². The van der Waals surface area contributed by atoms with Gasteiger partial charge in [-0.05, 0) is 19.3 Å². The zero-order chi connectivity index (χ0) is 11.1. The van der Waals surface area contributed by atoms with Gasteiger partial charge in [0.15, 0.2) is 0 Å². The second-order valence-electron chi connectivity index (χ2n) is 4.15. The van der Waals surface area contributed by atoms with Crippen molar-refractivity contribution in [3.63, 3.8) is 0 Å². The second-order valence-corrected chi connectivity index (χ2v) is 4.15. The van der Waals surface area contributed by atoms with Gasteiger partial charge in [0.1, 0.15) is 0 Å². The lowest BCUT2D eigenvalue weighted by molar-refractivity contribution is -0.126. The van der Waals surface area contributed by atoms with E-state index in [1.807, 2.05) is 0 Å². The maximum Gasteiger partial charge on any atom is 0.224 e. The molecule has 0 spiro atoms. The summed E-state index contributed by atoms with van der Waals surface area (Å²) in [4.78, 5) is 11.6. The van der Waals surface area contributed by atoms with Gasteiger partial charge in [0.2, 0.25) is 5.91 Å². The molecule has 4 nitrogen and oxygen atoms in total. The molecule has 4 heteroatoms. The van der Waals surface area contributed by atoms with Crippen molar-refractivity contribution < 1.29 is 9.90 Å². The lowest BCUT2D eigenvalue weighted by Gasteiger charge is -2.19. The van der Waals surface area contributed by atoms with E-state index in [2.05, 4.69) is 19.2 Å². The summed E-state index contributed by atoms with van der Waals surface area (Å²) in [6, 6.07) is -0.191. The third-order valence-electron chi connectivity index (χ3n) is 2.07. The first-order valence-corrected chi connectivity index (χ1v) is 5.12. The van der Waals surface area contributed by atoms with Crippen molar-refractivity contribution in [3.8, 4) is 0 Å². The topological polar surface area (TPSA) is 75.4 Å². The van der Waals surface area contributed by atoms with E-state index in [-0.39, 0.29) is 24.5 Å². The molecule has 0 aromatic heterocycles. The highest BCUT2D eigenvalue weighted by Crippen LogP contribution is 2.10. The zero-order valence-corrected chi connectivity index (χ0v) is 9.29. The number of amides is 1. The number of hydrogen-bond acceptors (Lipinski definition) is 3. The van der Waals surface area contributed by atoms with E-state index in [0.717, 1.165) is 6.42 Å². The van der Waals surface area contributed by atoms with Crippen LogP contribution in [0.15, 0.2) is 0 Å². The number of nitrogens with one attached hydrogen (secondary N) is 1. The second kappa shape index (κ2) is 6.79. The first-order valence-electron chi connectivity index (χ1n) is 5.12. The highest BCUT2D eigenvalue weighted by molar-refractivity contribution is 5.79. The van der Waals surface area contributed by atoms with Crippen LogP contribution in [-0.4, -0.2) is 30.2 Å². The Balaban J connectivity index is 4.04. The standard InChI is InChI=1S/C10H22N2O2/c1-7(2)4-9(5-11)10(14)12-8(3)6-13/h7-9,13H,4-6,11H2,1-3H3,(H,12,14)/t8-,9?/m1/s1. The van der Waals surface area contributed by atoms with Crippen LogP contribution in [0, 0.1) is 11.8 Å². The van der Waals surface area contributed by atoms with Crippen LogP contribution < -0.4 is 11.1 Å². The molecule has 0 saturated carbocycles. The number of rotatable bonds is 6. The minimum atomic E-state index is -0.191. The predicted molar refractivity (Wildman–Crippen MR) is 56.7 cm³/mol. The van der Waals surface area contributed by atoms with Gasteiger partial charge in [0, 0.05) is 12.6 Å². The van der Waals surface area contributed by atoms with Crippen molar-refractivity contribution in [2.75, 3.05) is 13.2 Å². The lowest BCUT2D eigenvalue weighted by atomic mass is 9.96. The average molecular weight is 202 g/mol. The molecule has 14 heavy (non-hydrogen) atoms. The molecule has 84 valence electrons. The van der Waals surface area contributed by atoms with E-state index < -0.39 is 0 Å². The van der Waals surface area contributed by atoms with Crippen molar-refractivity contribution in [1.82, 2.24) is 5.32 Å². The van der Waals surface area contributed by atoms with Crippen LogP contribution in [0.1, 0.15) is 27.2 Å². The molecule has 1 amide bonds. The largest absolute Gasteiger partial charge is 0.394 e. The first-order chi connectivity index (χ1) is 6.51. The molecule has 0 fully saturated rings. The normalized spacial score (nSPS) is 15.3. The van der Waals surface area contributed by atoms with E-state index in [1.54, 1.807) is 6.92 Å². The molecule has 0 aliphatic rings. The summed E-state index contributed by atoms with van der Waals surface area (Å²) in [6.07, 6.45) is 0.792. The Morgan fingerprint density at radius 2 is 2.00 bits per heavy atom. The van der Waals surface area contributed by atoms with Gasteiger partial charge in [0.05, 0.1) is 12.5 Å². The van der Waals surface area contributed by atoms with Crippen molar-refractivity contribution >= 4 is 5.91 Å². The number of carbonyl (C=O) groups excluding carboxylic acids is 1. The number of hydrogen-bond donors (Lipinski definition) is 3. The molecule has 0 radical (unpaired) electrons. The Bertz CT molecular complexity index is 172. The van der Waals surface area contributed by atoms with Gasteiger partial charge in [-0.15, -0.1) is 0 Å². The fourth-order valence-corrected chi connectivity index (χ4v) is 1.29. The number of aliphatic hydroxyl groups excluding tert-OH is 1. The van der Waals surface area contributed by atoms with Crippen LogP contribution in [0.25, 0.3) is 0 Å². The number of aliphatic hydroxyl groups is 1. The molecule has 0 aromatic rings. The van der Waals surface area contributed by atoms with Crippen LogP contribution in [0.5, 0.6) is 0 Å². The Morgan fingerprint density at radius 1 is 1.43 bits per heavy atom. The van der Waals surface area contributed by atoms with Crippen LogP contribution in [0.2, 0.25) is 0 Å². The fourth-order valence-electron chi connectivity index (χ4n) is 1.29. The molecule has 0 heterocycles. The van der Waals surface area contributed by atoms with Crippen molar-refractivity contribution in [2.45, 2.75) is 33.2 Å². The van der Waals surface area contributed by atoms with Gasteiger partial charge in [-0.1, -0.05) is 13.8 Å². The Morgan fingerprint density at radius 3 is 2.36 bits per heavy atom. The lowest BCUT2D eigenvalue weighted by Crippen LogP contribution is -2.41. The molecule has 0 aromatic carbocycles. The highest BCUT2D eigenvalue weighted by atomic mass is 16.3. The summed E-state index contributed by atoms with van der Waals surface area (Å²) in [5.41, 5.74) is 5.52. The summed E-state index contributed by atoms with van der Waals surface area (Å²) in [6.45, 7) is 6.21. The summed E-state index contributed by atoms with van der Waals surface area (Å²) in [5, 5.41) is 11.5. The Labute approximate surface area is 85.9 Å². The van der Waals surface area contributed by atoms with Crippen LogP contribution in [0.3, 0.4) is 0 Å². The molecule has 1 unspecified atom stereocenters. The van der Waals surface area contributed by atoms with E-state index >= 15 is 0 Å². The molecule has 0 rings (SSSR count). The average Bonchev–Trinajstić information content (AvgIpc) is 2.13. The monoisotopic (exact) mass is 202 g/mol. The van der Waals surface area contributed by atoms with E-state index in [0.29, 0.717) is 12.5 Å². The van der Waals surface area contributed by atoms with Gasteiger partial charge in [0.25, 0.3) is 0 Å². The van der Waals surface area contributed by atoms with E-state index in [9.17, 15) is 4.79 Å². The summed E-state index contributed by atoms with van der Waals surface area (Å²) in [7, 11) is 0. The van der Waals surface area contributed by atoms with Crippen molar-refractivity contribution in [2.24, 2.45) is 17.6 Å². The predicted octanol–water partition coefficient (Wildman–Crippen LogP) is 0.104. The number of carbonyl (C=O) groups is 1. The Kier molecular flexibility index (Phi) is 6.49. The number of nitrogens with two attached hydrogens (primary N) is 1. The van der Waals surface area contributed by atoms with E-state index in [1.165, 1.54) is 0 Å². The third kappa shape index (κ3) is 5.19. The Hall–Kier alpha value is -0.610. The summed E-state index contributed by atoms with van der Waals surface area (Å²) >= 11 is 0. The fraction of sp³-hybridized carbons (Fsp3) is 0.900. The molecule has 2 atom stereocenters.